The van der Waals surface area contributed by atoms with Gasteiger partial charge in [-0.2, -0.15) is 0 Å². The average Bonchev–Trinajstić information content (AvgIpc) is 3.52. The number of halogens is 2. The summed E-state index contributed by atoms with van der Waals surface area (Å²) in [5.74, 6) is -0.614. The molecule has 0 saturated heterocycles. The van der Waals surface area contributed by atoms with Gasteiger partial charge in [0.05, 0.1) is 23.1 Å². The van der Waals surface area contributed by atoms with Crippen LogP contribution in [0.3, 0.4) is 0 Å². The van der Waals surface area contributed by atoms with Gasteiger partial charge in [-0.25, -0.2) is 9.18 Å². The number of nitrogens with zero attached hydrogens (tertiary/aromatic N) is 3. The fraction of sp³-hybridized carbons (Fsp3) is 0.171. The van der Waals surface area contributed by atoms with Gasteiger partial charge < -0.3 is 14.6 Å². The molecule has 0 radical (unpaired) electrons. The van der Waals surface area contributed by atoms with Crippen molar-refractivity contribution in [2.75, 3.05) is 5.32 Å². The molecule has 0 fully saturated rings. The minimum Gasteiger partial charge on any atom is -0.443 e. The van der Waals surface area contributed by atoms with Crippen molar-refractivity contribution in [3.05, 3.63) is 113 Å². The Hall–Kier alpha value is -5.15. The van der Waals surface area contributed by atoms with Crippen LogP contribution < -0.4 is 10.9 Å². The van der Waals surface area contributed by atoms with E-state index in [0.717, 1.165) is 22.1 Å². The van der Waals surface area contributed by atoms with Crippen LogP contribution in [0.25, 0.3) is 38.8 Å². The van der Waals surface area contributed by atoms with E-state index in [1.807, 2.05) is 73.9 Å². The van der Waals surface area contributed by atoms with Gasteiger partial charge in [-0.1, -0.05) is 35.9 Å². The van der Waals surface area contributed by atoms with E-state index in [4.69, 9.17) is 16.3 Å². The maximum absolute atomic E-state index is 14.6. The topological polar surface area (TPSA) is 94.0 Å². The van der Waals surface area contributed by atoms with Crippen molar-refractivity contribution in [2.24, 2.45) is 0 Å². The van der Waals surface area contributed by atoms with Gasteiger partial charge in [0.15, 0.2) is 0 Å². The smallest absolute Gasteiger partial charge is 0.418 e. The standard InChI is InChI=1S/C35H31ClFN5O3/c1-21(43)39-29-14-10-24(36)18-28(29)22-8-12-26(13-9-22)42-32-19-25(37)11-15-31(32)41(33(42)38)20-23-6-5-7-30-27(23)16-17-40(30)34(44)45-35(2,3)4/h5-19,38H,20H2,1-4H3,(H,39,43). The van der Waals surface area contributed by atoms with E-state index in [-0.39, 0.29) is 11.5 Å². The van der Waals surface area contributed by atoms with Crippen LogP contribution in [0, 0.1) is 11.2 Å². The number of benzene rings is 4. The number of fused-ring (bicyclic) bond motifs is 2. The first kappa shape index (κ1) is 29.9. The predicted molar refractivity (Wildman–Crippen MR) is 174 cm³/mol. The summed E-state index contributed by atoms with van der Waals surface area (Å²) in [6.45, 7) is 7.22. The van der Waals surface area contributed by atoms with E-state index in [0.29, 0.717) is 39.5 Å². The molecule has 8 nitrogen and oxygen atoms in total. The summed E-state index contributed by atoms with van der Waals surface area (Å²) in [5.41, 5.74) is 5.15. The Bertz CT molecular complexity index is 2170. The van der Waals surface area contributed by atoms with E-state index in [1.165, 1.54) is 23.6 Å². The summed E-state index contributed by atoms with van der Waals surface area (Å²) in [7, 11) is 0. The maximum atomic E-state index is 14.6. The summed E-state index contributed by atoms with van der Waals surface area (Å²) in [6, 6.07) is 24.7. The normalized spacial score (nSPS) is 11.7. The van der Waals surface area contributed by atoms with Crippen molar-refractivity contribution in [3.63, 3.8) is 0 Å². The number of imidazole rings is 1. The lowest BCUT2D eigenvalue weighted by Crippen LogP contribution is -2.26. The largest absolute Gasteiger partial charge is 0.443 e. The van der Waals surface area contributed by atoms with Gasteiger partial charge in [0, 0.05) is 46.5 Å². The maximum Gasteiger partial charge on any atom is 0.418 e. The summed E-state index contributed by atoms with van der Waals surface area (Å²) in [6.07, 6.45) is 1.22. The van der Waals surface area contributed by atoms with Gasteiger partial charge in [-0.05, 0) is 86.5 Å². The number of ether oxygens (including phenoxy) is 1. The Kier molecular flexibility index (Phi) is 7.58. The van der Waals surface area contributed by atoms with E-state index in [2.05, 4.69) is 5.32 Å². The highest BCUT2D eigenvalue weighted by atomic mass is 35.5. The van der Waals surface area contributed by atoms with Gasteiger partial charge in [-0.15, -0.1) is 0 Å². The molecule has 1 amide bonds. The zero-order chi connectivity index (χ0) is 32.0. The molecule has 10 heteroatoms. The predicted octanol–water partition coefficient (Wildman–Crippen LogP) is 8.12. The first-order valence-electron chi connectivity index (χ1n) is 14.4. The van der Waals surface area contributed by atoms with Gasteiger partial charge in [0.2, 0.25) is 11.5 Å². The highest BCUT2D eigenvalue weighted by molar-refractivity contribution is 6.31. The Labute approximate surface area is 263 Å². The molecular formula is C35H31ClFN5O3. The van der Waals surface area contributed by atoms with Crippen LogP contribution in [0.15, 0.2) is 91.1 Å². The molecule has 6 aromatic rings. The molecule has 0 atom stereocenters. The Morgan fingerprint density at radius 2 is 1.69 bits per heavy atom. The molecule has 0 spiro atoms. The van der Waals surface area contributed by atoms with Crippen molar-refractivity contribution >= 4 is 51.2 Å². The third-order valence-electron chi connectivity index (χ3n) is 7.41. The molecule has 2 N–H and O–H groups in total. The summed E-state index contributed by atoms with van der Waals surface area (Å²) >= 11 is 6.27. The zero-order valence-electron chi connectivity index (χ0n) is 25.2. The molecule has 4 aromatic carbocycles. The molecule has 0 saturated carbocycles. The lowest BCUT2D eigenvalue weighted by Gasteiger charge is -2.19. The number of nitrogens with one attached hydrogen (secondary N) is 2. The van der Waals surface area contributed by atoms with E-state index in [1.54, 1.807) is 35.0 Å². The van der Waals surface area contributed by atoms with Crippen LogP contribution >= 0.6 is 11.6 Å². The van der Waals surface area contributed by atoms with Crippen LogP contribution in [0.5, 0.6) is 0 Å². The monoisotopic (exact) mass is 623 g/mol. The summed E-state index contributed by atoms with van der Waals surface area (Å²) in [4.78, 5) is 24.6. The van der Waals surface area contributed by atoms with E-state index < -0.39 is 17.5 Å². The molecular weight excluding hydrogens is 593 g/mol. The second-order valence-electron chi connectivity index (χ2n) is 11.8. The van der Waals surface area contributed by atoms with Gasteiger partial charge in [0.1, 0.15) is 11.4 Å². The van der Waals surface area contributed by atoms with Crippen LogP contribution in [0.2, 0.25) is 5.02 Å². The third kappa shape index (κ3) is 5.86. The second kappa shape index (κ2) is 11.4. The van der Waals surface area contributed by atoms with Crippen molar-refractivity contribution in [3.8, 4) is 16.8 Å². The molecule has 0 bridgehead atoms. The highest BCUT2D eigenvalue weighted by Gasteiger charge is 2.21. The average molecular weight is 624 g/mol. The SMILES string of the molecule is CC(=O)Nc1ccc(Cl)cc1-c1ccc(-n2c(=N)n(Cc3cccc4c3ccn4C(=O)OC(C)(C)C)c3ccc(F)cc32)cc1. The van der Waals surface area contributed by atoms with E-state index >= 15 is 0 Å². The van der Waals surface area contributed by atoms with Crippen LogP contribution in [-0.4, -0.2) is 31.3 Å². The molecule has 228 valence electrons. The fourth-order valence-corrected chi connectivity index (χ4v) is 5.70. The number of hydrogen-bond acceptors (Lipinski definition) is 4. The minimum absolute atomic E-state index is 0.147. The molecule has 2 heterocycles. The summed E-state index contributed by atoms with van der Waals surface area (Å²) in [5, 5.41) is 13.4. The zero-order valence-corrected chi connectivity index (χ0v) is 25.9. The van der Waals surface area contributed by atoms with Crippen molar-refractivity contribution in [2.45, 2.75) is 39.8 Å². The van der Waals surface area contributed by atoms with Gasteiger partial charge in [-0.3, -0.25) is 19.3 Å². The quantitative estimate of drug-likeness (QED) is 0.203. The Balaban J connectivity index is 1.42. The fourth-order valence-electron chi connectivity index (χ4n) is 5.53. The molecule has 2 aromatic heterocycles. The lowest BCUT2D eigenvalue weighted by molar-refractivity contribution is -0.114. The van der Waals surface area contributed by atoms with Gasteiger partial charge in [0.25, 0.3) is 0 Å². The number of amides is 1. The first-order chi connectivity index (χ1) is 21.4. The van der Waals surface area contributed by atoms with Gasteiger partial charge >= 0.3 is 6.09 Å². The molecule has 0 aliphatic carbocycles. The first-order valence-corrected chi connectivity index (χ1v) is 14.7. The summed E-state index contributed by atoms with van der Waals surface area (Å²) < 4.78 is 25.2. The highest BCUT2D eigenvalue weighted by Crippen LogP contribution is 2.32. The number of carbonyl (C=O) groups is 2. The second-order valence-corrected chi connectivity index (χ2v) is 12.2. The molecule has 6 rings (SSSR count). The van der Waals surface area contributed by atoms with Crippen molar-refractivity contribution < 1.29 is 18.7 Å². The van der Waals surface area contributed by atoms with Crippen LogP contribution in [0.4, 0.5) is 14.9 Å². The Morgan fingerprint density at radius 1 is 0.933 bits per heavy atom. The molecule has 45 heavy (non-hydrogen) atoms. The van der Waals surface area contributed by atoms with Crippen LogP contribution in [0.1, 0.15) is 33.3 Å². The number of hydrogen-bond donors (Lipinski definition) is 2. The molecule has 0 unspecified atom stereocenters. The number of aromatic nitrogens is 3. The lowest BCUT2D eigenvalue weighted by atomic mass is 10.0. The number of rotatable bonds is 5. The van der Waals surface area contributed by atoms with Crippen molar-refractivity contribution in [1.82, 2.24) is 13.7 Å². The molecule has 0 aliphatic rings. The number of carbonyl (C=O) groups excluding carboxylic acids is 2. The van der Waals surface area contributed by atoms with Crippen LogP contribution in [-0.2, 0) is 16.1 Å². The Morgan fingerprint density at radius 3 is 2.40 bits per heavy atom. The third-order valence-corrected chi connectivity index (χ3v) is 7.64. The minimum atomic E-state index is -0.640. The van der Waals surface area contributed by atoms with E-state index in [9.17, 15) is 19.4 Å². The number of anilines is 1. The van der Waals surface area contributed by atoms with Crippen molar-refractivity contribution in [1.29, 1.82) is 5.41 Å². The molecule has 0 aliphatic heterocycles.